The number of thioether (sulfide) groups is 1. The molecule has 0 aromatic carbocycles. The number of hydrogen-bond acceptors (Lipinski definition) is 4. The summed E-state index contributed by atoms with van der Waals surface area (Å²) in [5, 5.41) is 5.84. The number of amides is 2. The van der Waals surface area contributed by atoms with Crippen LogP contribution in [0.1, 0.15) is 40.5 Å². The molecule has 0 radical (unpaired) electrons. The van der Waals surface area contributed by atoms with Gasteiger partial charge in [0.25, 0.3) is 0 Å². The minimum Gasteiger partial charge on any atom is -0.343 e. The van der Waals surface area contributed by atoms with E-state index in [2.05, 4.69) is 31.4 Å². The number of likely N-dealkylation sites (tertiary alicyclic amines) is 1. The van der Waals surface area contributed by atoms with Crippen molar-refractivity contribution in [2.45, 2.75) is 58.7 Å². The normalized spacial score (nSPS) is 23.2. The zero-order chi connectivity index (χ0) is 16.9. The summed E-state index contributed by atoms with van der Waals surface area (Å²) in [6.07, 6.45) is 3.70. The van der Waals surface area contributed by atoms with Crippen LogP contribution in [-0.2, 0) is 9.59 Å². The minimum atomic E-state index is -0.424. The average molecular weight is 330 g/mol. The van der Waals surface area contributed by atoms with E-state index < -0.39 is 6.04 Å². The van der Waals surface area contributed by atoms with Crippen LogP contribution in [-0.4, -0.2) is 60.4 Å². The molecule has 0 aromatic heterocycles. The van der Waals surface area contributed by atoms with Crippen LogP contribution in [0.2, 0.25) is 0 Å². The molecule has 1 heterocycles. The molecular weight excluding hydrogens is 298 g/mol. The maximum atomic E-state index is 12.9. The van der Waals surface area contributed by atoms with E-state index in [-0.39, 0.29) is 29.3 Å². The van der Waals surface area contributed by atoms with Gasteiger partial charge in [-0.05, 0) is 51.2 Å². The molecule has 0 aromatic rings. The summed E-state index contributed by atoms with van der Waals surface area (Å²) in [6.45, 7) is 9.08. The molecule has 128 valence electrons. The third kappa shape index (κ3) is 4.62. The molecule has 1 aliphatic heterocycles. The monoisotopic (exact) mass is 329 g/mol. The Morgan fingerprint density at radius 2 is 2.05 bits per heavy atom. The molecule has 3 atom stereocenters. The van der Waals surface area contributed by atoms with Gasteiger partial charge in [0.05, 0.1) is 6.04 Å². The lowest BCUT2D eigenvalue weighted by atomic mass is 9.86. The predicted molar refractivity (Wildman–Crippen MR) is 93.0 cm³/mol. The van der Waals surface area contributed by atoms with Crippen molar-refractivity contribution in [2.24, 2.45) is 5.41 Å². The van der Waals surface area contributed by atoms with Crippen LogP contribution >= 0.6 is 11.8 Å². The highest BCUT2D eigenvalue weighted by Crippen LogP contribution is 2.36. The fourth-order valence-corrected chi connectivity index (χ4v) is 3.13. The molecular formula is C16H31N3O2S. The highest BCUT2D eigenvalue weighted by atomic mass is 32.2. The van der Waals surface area contributed by atoms with Gasteiger partial charge in [0.15, 0.2) is 0 Å². The Hall–Kier alpha value is -0.750. The van der Waals surface area contributed by atoms with Crippen molar-refractivity contribution in [1.29, 1.82) is 0 Å². The molecule has 0 aliphatic carbocycles. The summed E-state index contributed by atoms with van der Waals surface area (Å²) in [7, 11) is 1.74. The van der Waals surface area contributed by atoms with Gasteiger partial charge in [-0.2, -0.15) is 11.8 Å². The van der Waals surface area contributed by atoms with Crippen LogP contribution in [0.4, 0.5) is 0 Å². The van der Waals surface area contributed by atoms with E-state index in [0.717, 1.165) is 18.7 Å². The lowest BCUT2D eigenvalue weighted by Gasteiger charge is -2.32. The van der Waals surface area contributed by atoms with Crippen molar-refractivity contribution in [3.63, 3.8) is 0 Å². The first-order chi connectivity index (χ1) is 10.2. The molecule has 0 bridgehead atoms. The molecule has 2 amide bonds. The second-order valence-electron chi connectivity index (χ2n) is 6.80. The zero-order valence-electron chi connectivity index (χ0n) is 14.7. The zero-order valence-corrected chi connectivity index (χ0v) is 15.5. The fourth-order valence-electron chi connectivity index (χ4n) is 2.66. The molecule has 22 heavy (non-hydrogen) atoms. The minimum absolute atomic E-state index is 0.0591. The van der Waals surface area contributed by atoms with Crippen LogP contribution in [0, 0.1) is 5.41 Å². The highest BCUT2D eigenvalue weighted by Gasteiger charge is 2.41. The first-order valence-corrected chi connectivity index (χ1v) is 9.41. The van der Waals surface area contributed by atoms with E-state index >= 15 is 0 Å². The molecule has 0 spiro atoms. The smallest absolute Gasteiger partial charge is 0.245 e. The molecule has 6 heteroatoms. The van der Waals surface area contributed by atoms with Gasteiger partial charge in [0.1, 0.15) is 6.04 Å². The van der Waals surface area contributed by atoms with Crippen molar-refractivity contribution in [2.75, 3.05) is 25.6 Å². The molecule has 1 aliphatic rings. The number of likely N-dealkylation sites (N-methyl/N-ethyl adjacent to an activating group) is 1. The van der Waals surface area contributed by atoms with Crippen molar-refractivity contribution in [3.8, 4) is 0 Å². The van der Waals surface area contributed by atoms with E-state index in [0.29, 0.717) is 6.42 Å². The molecule has 2 N–H and O–H groups in total. The molecule has 0 saturated carbocycles. The molecule has 2 unspecified atom stereocenters. The van der Waals surface area contributed by atoms with Crippen molar-refractivity contribution >= 4 is 23.6 Å². The Morgan fingerprint density at radius 1 is 1.41 bits per heavy atom. The third-order valence-corrected chi connectivity index (χ3v) is 5.57. The number of carbonyl (C=O) groups excluding carboxylic acids is 2. The second kappa shape index (κ2) is 8.20. The van der Waals surface area contributed by atoms with Crippen LogP contribution in [0.15, 0.2) is 0 Å². The summed E-state index contributed by atoms with van der Waals surface area (Å²) in [5.74, 6) is 0.799. The van der Waals surface area contributed by atoms with Gasteiger partial charge in [0, 0.05) is 12.6 Å². The number of carbonyl (C=O) groups is 2. The predicted octanol–water partition coefficient (Wildman–Crippen LogP) is 1.48. The van der Waals surface area contributed by atoms with Crippen LogP contribution < -0.4 is 10.6 Å². The Bertz CT molecular complexity index is 401. The Morgan fingerprint density at radius 3 is 2.50 bits per heavy atom. The SMILES string of the molecule is CN[C@@H](C)C(=O)NC(CCSC)C(=O)N1CCC(C)(C)C1C. The summed E-state index contributed by atoms with van der Waals surface area (Å²) in [6, 6.07) is -0.514. The van der Waals surface area contributed by atoms with Gasteiger partial charge >= 0.3 is 0 Å². The Kier molecular flexibility index (Phi) is 7.19. The van der Waals surface area contributed by atoms with Gasteiger partial charge in [-0.25, -0.2) is 0 Å². The van der Waals surface area contributed by atoms with Gasteiger partial charge in [-0.3, -0.25) is 9.59 Å². The molecule has 1 rings (SSSR count). The first kappa shape index (κ1) is 19.3. The number of nitrogens with one attached hydrogen (secondary N) is 2. The van der Waals surface area contributed by atoms with E-state index in [4.69, 9.17) is 0 Å². The number of hydrogen-bond donors (Lipinski definition) is 2. The first-order valence-electron chi connectivity index (χ1n) is 8.01. The van der Waals surface area contributed by atoms with E-state index in [1.165, 1.54) is 0 Å². The van der Waals surface area contributed by atoms with Crippen molar-refractivity contribution < 1.29 is 9.59 Å². The Balaban J connectivity index is 2.78. The van der Waals surface area contributed by atoms with Gasteiger partial charge in [-0.1, -0.05) is 13.8 Å². The maximum Gasteiger partial charge on any atom is 0.245 e. The van der Waals surface area contributed by atoms with Crippen LogP contribution in [0.3, 0.4) is 0 Å². The molecule has 1 saturated heterocycles. The van der Waals surface area contributed by atoms with Crippen molar-refractivity contribution in [3.05, 3.63) is 0 Å². The summed E-state index contributed by atoms with van der Waals surface area (Å²) < 4.78 is 0. The van der Waals surface area contributed by atoms with Gasteiger partial charge < -0.3 is 15.5 Å². The average Bonchev–Trinajstić information content (AvgIpc) is 2.75. The van der Waals surface area contributed by atoms with E-state index in [1.807, 2.05) is 11.2 Å². The lowest BCUT2D eigenvalue weighted by Crippen LogP contribution is -2.54. The van der Waals surface area contributed by atoms with Gasteiger partial charge in [-0.15, -0.1) is 0 Å². The summed E-state index contributed by atoms with van der Waals surface area (Å²) in [5.41, 5.74) is 0.141. The fraction of sp³-hybridized carbons (Fsp3) is 0.875. The lowest BCUT2D eigenvalue weighted by molar-refractivity contribution is -0.138. The molecule has 1 fully saturated rings. The third-order valence-electron chi connectivity index (χ3n) is 4.93. The standard InChI is InChI=1S/C16H31N3O2S/c1-11(17-5)14(20)18-13(7-10-22-6)15(21)19-9-8-16(3,4)12(19)2/h11-13,17H,7-10H2,1-6H3,(H,18,20)/t11-,12?,13?/m0/s1. The number of rotatable bonds is 7. The quantitative estimate of drug-likeness (QED) is 0.743. The highest BCUT2D eigenvalue weighted by molar-refractivity contribution is 7.98. The van der Waals surface area contributed by atoms with E-state index in [1.54, 1.807) is 25.7 Å². The second-order valence-corrected chi connectivity index (χ2v) is 7.78. The molecule has 5 nitrogen and oxygen atoms in total. The van der Waals surface area contributed by atoms with Gasteiger partial charge in [0.2, 0.25) is 11.8 Å². The van der Waals surface area contributed by atoms with E-state index in [9.17, 15) is 9.59 Å². The Labute approximate surface area is 139 Å². The largest absolute Gasteiger partial charge is 0.343 e. The summed E-state index contributed by atoms with van der Waals surface area (Å²) in [4.78, 5) is 26.9. The van der Waals surface area contributed by atoms with Crippen LogP contribution in [0.5, 0.6) is 0 Å². The van der Waals surface area contributed by atoms with Crippen LogP contribution in [0.25, 0.3) is 0 Å². The number of nitrogens with zero attached hydrogens (tertiary/aromatic N) is 1. The topological polar surface area (TPSA) is 61.4 Å². The maximum absolute atomic E-state index is 12.9. The summed E-state index contributed by atoms with van der Waals surface area (Å²) >= 11 is 1.69. The van der Waals surface area contributed by atoms with Crippen molar-refractivity contribution in [1.82, 2.24) is 15.5 Å².